The molecule has 0 saturated heterocycles. The van der Waals surface area contributed by atoms with Crippen molar-refractivity contribution >= 4 is 28.9 Å². The summed E-state index contributed by atoms with van der Waals surface area (Å²) >= 11 is 12.1. The van der Waals surface area contributed by atoms with Gasteiger partial charge >= 0.3 is 5.69 Å². The van der Waals surface area contributed by atoms with Crippen molar-refractivity contribution in [1.29, 1.82) is 0 Å². The lowest BCUT2D eigenvalue weighted by Gasteiger charge is -2.10. The molecule has 0 spiro atoms. The van der Waals surface area contributed by atoms with Crippen LogP contribution in [0.15, 0.2) is 36.4 Å². The van der Waals surface area contributed by atoms with Crippen molar-refractivity contribution in [2.75, 3.05) is 7.11 Å². The second-order valence-electron chi connectivity index (χ2n) is 4.08. The molecule has 2 aromatic carbocycles. The van der Waals surface area contributed by atoms with Crippen LogP contribution in [0.2, 0.25) is 10.0 Å². The molecule has 21 heavy (non-hydrogen) atoms. The fourth-order valence-electron chi connectivity index (χ4n) is 1.71. The van der Waals surface area contributed by atoms with Gasteiger partial charge in [0.2, 0.25) is 0 Å². The third-order valence-corrected chi connectivity index (χ3v) is 3.50. The van der Waals surface area contributed by atoms with Gasteiger partial charge in [-0.25, -0.2) is 0 Å². The SMILES string of the molecule is COc1ccc(OCc2c(Cl)cccc2Cl)c([N+](=O)[O-])c1. The van der Waals surface area contributed by atoms with E-state index in [-0.39, 0.29) is 18.0 Å². The summed E-state index contributed by atoms with van der Waals surface area (Å²) in [6, 6.07) is 9.41. The van der Waals surface area contributed by atoms with E-state index in [2.05, 4.69) is 0 Å². The van der Waals surface area contributed by atoms with E-state index in [1.807, 2.05) is 0 Å². The molecule has 2 aromatic rings. The van der Waals surface area contributed by atoms with Crippen LogP contribution in [0.5, 0.6) is 11.5 Å². The summed E-state index contributed by atoms with van der Waals surface area (Å²) in [6.45, 7) is 0.0334. The molecule has 0 saturated carbocycles. The highest BCUT2D eigenvalue weighted by atomic mass is 35.5. The summed E-state index contributed by atoms with van der Waals surface area (Å²) < 4.78 is 10.4. The van der Waals surface area contributed by atoms with Crippen molar-refractivity contribution in [3.8, 4) is 11.5 Å². The predicted molar refractivity (Wildman–Crippen MR) is 80.4 cm³/mol. The van der Waals surface area contributed by atoms with Crippen LogP contribution < -0.4 is 9.47 Å². The first-order valence-electron chi connectivity index (χ1n) is 5.91. The topological polar surface area (TPSA) is 61.6 Å². The number of halogens is 2. The van der Waals surface area contributed by atoms with Crippen molar-refractivity contribution < 1.29 is 14.4 Å². The molecular weight excluding hydrogens is 317 g/mol. The zero-order chi connectivity index (χ0) is 15.4. The van der Waals surface area contributed by atoms with Crippen molar-refractivity contribution in [3.63, 3.8) is 0 Å². The Kier molecular flexibility index (Phi) is 4.88. The third kappa shape index (κ3) is 3.56. The summed E-state index contributed by atoms with van der Waals surface area (Å²) in [5.41, 5.74) is 0.392. The summed E-state index contributed by atoms with van der Waals surface area (Å²) in [5.74, 6) is 0.501. The van der Waals surface area contributed by atoms with Crippen molar-refractivity contribution in [2.24, 2.45) is 0 Å². The Morgan fingerprint density at radius 3 is 2.43 bits per heavy atom. The minimum absolute atomic E-state index is 0.0334. The third-order valence-electron chi connectivity index (χ3n) is 2.80. The Hall–Kier alpha value is -1.98. The van der Waals surface area contributed by atoms with Crippen LogP contribution in [0.4, 0.5) is 5.69 Å². The second kappa shape index (κ2) is 6.65. The van der Waals surface area contributed by atoms with Gasteiger partial charge in [-0.05, 0) is 24.3 Å². The van der Waals surface area contributed by atoms with Gasteiger partial charge in [-0.3, -0.25) is 10.1 Å². The summed E-state index contributed by atoms with van der Waals surface area (Å²) in [6.07, 6.45) is 0. The normalized spacial score (nSPS) is 10.2. The van der Waals surface area contributed by atoms with Gasteiger partial charge in [0.15, 0.2) is 5.75 Å². The van der Waals surface area contributed by atoms with E-state index in [0.717, 1.165) is 0 Å². The largest absolute Gasteiger partial charge is 0.496 e. The van der Waals surface area contributed by atoms with Crippen LogP contribution in [-0.4, -0.2) is 12.0 Å². The van der Waals surface area contributed by atoms with Gasteiger partial charge in [-0.15, -0.1) is 0 Å². The van der Waals surface area contributed by atoms with Crippen LogP contribution in [0.25, 0.3) is 0 Å². The van der Waals surface area contributed by atoms with Crippen molar-refractivity contribution in [1.82, 2.24) is 0 Å². The minimum atomic E-state index is -0.536. The predicted octanol–water partition coefficient (Wildman–Crippen LogP) is 4.49. The van der Waals surface area contributed by atoms with Crippen molar-refractivity contribution in [2.45, 2.75) is 6.61 Å². The number of nitro benzene ring substituents is 1. The molecule has 5 nitrogen and oxygen atoms in total. The van der Waals surface area contributed by atoms with Gasteiger partial charge in [0.05, 0.1) is 18.1 Å². The fraction of sp³-hybridized carbons (Fsp3) is 0.143. The molecule has 0 fully saturated rings. The zero-order valence-electron chi connectivity index (χ0n) is 11.0. The molecule has 0 aromatic heterocycles. The van der Waals surface area contributed by atoms with Crippen molar-refractivity contribution in [3.05, 3.63) is 62.1 Å². The van der Waals surface area contributed by atoms with E-state index in [0.29, 0.717) is 21.4 Å². The molecule has 0 radical (unpaired) electrons. The molecule has 7 heteroatoms. The zero-order valence-corrected chi connectivity index (χ0v) is 12.5. The maximum Gasteiger partial charge on any atom is 0.314 e. The summed E-state index contributed by atoms with van der Waals surface area (Å²) in [4.78, 5) is 10.5. The molecule has 0 amide bonds. The Labute approximate surface area is 131 Å². The average molecular weight is 328 g/mol. The number of nitrogens with zero attached hydrogens (tertiary/aromatic N) is 1. The lowest BCUT2D eigenvalue weighted by molar-refractivity contribution is -0.386. The number of rotatable bonds is 5. The van der Waals surface area contributed by atoms with Gasteiger partial charge in [0, 0.05) is 15.6 Å². The number of methoxy groups -OCH3 is 1. The quantitative estimate of drug-likeness (QED) is 0.599. The molecule has 110 valence electrons. The number of hydrogen-bond acceptors (Lipinski definition) is 4. The smallest absolute Gasteiger partial charge is 0.314 e. The van der Waals surface area contributed by atoms with Gasteiger partial charge in [0.1, 0.15) is 12.4 Å². The van der Waals surface area contributed by atoms with Crippen LogP contribution in [0, 0.1) is 10.1 Å². The van der Waals surface area contributed by atoms with E-state index in [1.54, 1.807) is 24.3 Å². The summed E-state index contributed by atoms with van der Waals surface area (Å²) in [7, 11) is 1.43. The van der Waals surface area contributed by atoms with Crippen LogP contribution >= 0.6 is 23.2 Å². The first kappa shape index (κ1) is 15.4. The highest BCUT2D eigenvalue weighted by Gasteiger charge is 2.17. The van der Waals surface area contributed by atoms with Crippen LogP contribution in [0.3, 0.4) is 0 Å². The van der Waals surface area contributed by atoms with E-state index in [1.165, 1.54) is 19.2 Å². The maximum absolute atomic E-state index is 11.1. The Morgan fingerprint density at radius 1 is 1.19 bits per heavy atom. The Morgan fingerprint density at radius 2 is 1.86 bits per heavy atom. The fourth-order valence-corrected chi connectivity index (χ4v) is 2.22. The molecule has 0 aliphatic heterocycles. The van der Waals surface area contributed by atoms with Gasteiger partial charge in [-0.2, -0.15) is 0 Å². The molecule has 0 aliphatic rings. The summed E-state index contributed by atoms with van der Waals surface area (Å²) in [5, 5.41) is 11.9. The lowest BCUT2D eigenvalue weighted by Crippen LogP contribution is -2.01. The van der Waals surface area contributed by atoms with Gasteiger partial charge in [0.25, 0.3) is 0 Å². The van der Waals surface area contributed by atoms with Crippen LogP contribution in [0.1, 0.15) is 5.56 Å². The number of nitro groups is 1. The number of ether oxygens (including phenoxy) is 2. The standard InChI is InChI=1S/C14H11Cl2NO4/c1-20-9-5-6-14(13(7-9)17(18)19)21-8-10-11(15)3-2-4-12(10)16/h2-7H,8H2,1H3. The van der Waals surface area contributed by atoms with Gasteiger partial charge in [-0.1, -0.05) is 29.3 Å². The first-order valence-corrected chi connectivity index (χ1v) is 6.66. The van der Waals surface area contributed by atoms with E-state index < -0.39 is 4.92 Å². The molecular formula is C14H11Cl2NO4. The highest BCUT2D eigenvalue weighted by Crippen LogP contribution is 2.33. The molecule has 2 rings (SSSR count). The van der Waals surface area contributed by atoms with E-state index in [9.17, 15) is 10.1 Å². The van der Waals surface area contributed by atoms with E-state index >= 15 is 0 Å². The molecule has 0 aliphatic carbocycles. The maximum atomic E-state index is 11.1. The number of hydrogen-bond donors (Lipinski definition) is 0. The van der Waals surface area contributed by atoms with Gasteiger partial charge < -0.3 is 9.47 Å². The van der Waals surface area contributed by atoms with Crippen LogP contribution in [-0.2, 0) is 6.61 Å². The molecule has 0 atom stereocenters. The number of benzene rings is 2. The molecule has 0 N–H and O–H groups in total. The molecule has 0 unspecified atom stereocenters. The highest BCUT2D eigenvalue weighted by molar-refractivity contribution is 6.35. The Bertz CT molecular complexity index is 656. The molecule has 0 bridgehead atoms. The first-order chi connectivity index (χ1) is 10.0. The Balaban J connectivity index is 2.26. The lowest BCUT2D eigenvalue weighted by atomic mass is 10.2. The minimum Gasteiger partial charge on any atom is -0.496 e. The average Bonchev–Trinajstić information content (AvgIpc) is 2.46. The second-order valence-corrected chi connectivity index (χ2v) is 4.89. The molecule has 0 heterocycles. The van der Waals surface area contributed by atoms with E-state index in [4.69, 9.17) is 32.7 Å². The monoisotopic (exact) mass is 327 g/mol.